The zero-order valence-electron chi connectivity index (χ0n) is 17.6. The monoisotopic (exact) mass is 405 g/mol. The molecule has 152 valence electrons. The number of anilines is 1. The van der Waals surface area contributed by atoms with E-state index in [1.807, 2.05) is 38.5 Å². The fourth-order valence-electron chi connectivity index (χ4n) is 3.91. The molecular formula is C27H23N3O. The predicted molar refractivity (Wildman–Crippen MR) is 126 cm³/mol. The van der Waals surface area contributed by atoms with Crippen LogP contribution in [0.4, 0.5) is 11.4 Å². The molecule has 1 unspecified atom stereocenters. The second-order valence-corrected chi connectivity index (χ2v) is 7.81. The van der Waals surface area contributed by atoms with Gasteiger partial charge >= 0.3 is 0 Å². The second kappa shape index (κ2) is 8.07. The number of benzene rings is 3. The number of ether oxygens (including phenoxy) is 1. The molecule has 0 bridgehead atoms. The summed E-state index contributed by atoms with van der Waals surface area (Å²) in [5.74, 6) is 1.63. The van der Waals surface area contributed by atoms with Crippen molar-refractivity contribution >= 4 is 17.6 Å². The third kappa shape index (κ3) is 3.80. The number of nitrogens with zero attached hydrogens (tertiary/aromatic N) is 3. The Hall–Kier alpha value is -3.92. The minimum atomic E-state index is 0.0882. The quantitative estimate of drug-likeness (QED) is 0.335. The van der Waals surface area contributed by atoms with E-state index in [0.717, 1.165) is 28.1 Å². The minimum absolute atomic E-state index is 0.0882. The molecule has 1 aromatic heterocycles. The summed E-state index contributed by atoms with van der Waals surface area (Å²) < 4.78 is 6.03. The standard InChI is InChI=1S/C27H23N3O/c1-30(2)22-15-9-19(10-16-22)18-29-21-13-11-20(12-14-21)26-23-6-3-4-8-25(23)31-27-24(26)7-5-17-28-27/h3-18,26H,1-2H3. The van der Waals surface area contributed by atoms with E-state index >= 15 is 0 Å². The van der Waals surface area contributed by atoms with Crippen molar-refractivity contribution in [2.75, 3.05) is 19.0 Å². The summed E-state index contributed by atoms with van der Waals surface area (Å²) in [6.07, 6.45) is 3.67. The van der Waals surface area contributed by atoms with E-state index in [1.54, 1.807) is 6.20 Å². The van der Waals surface area contributed by atoms with Crippen molar-refractivity contribution in [3.63, 3.8) is 0 Å². The van der Waals surface area contributed by atoms with Crippen molar-refractivity contribution in [3.8, 4) is 11.6 Å². The van der Waals surface area contributed by atoms with Crippen molar-refractivity contribution in [2.45, 2.75) is 5.92 Å². The Morgan fingerprint density at radius 3 is 2.35 bits per heavy atom. The molecule has 5 rings (SSSR count). The Morgan fingerprint density at radius 1 is 0.839 bits per heavy atom. The third-order valence-electron chi connectivity index (χ3n) is 5.55. The molecule has 0 fully saturated rings. The van der Waals surface area contributed by atoms with Crippen LogP contribution < -0.4 is 9.64 Å². The molecule has 0 radical (unpaired) electrons. The van der Waals surface area contributed by atoms with Crippen LogP contribution >= 0.6 is 0 Å². The van der Waals surface area contributed by atoms with Crippen LogP contribution in [-0.4, -0.2) is 25.3 Å². The van der Waals surface area contributed by atoms with Crippen LogP contribution in [0.3, 0.4) is 0 Å². The van der Waals surface area contributed by atoms with Gasteiger partial charge in [-0.15, -0.1) is 0 Å². The summed E-state index contributed by atoms with van der Waals surface area (Å²) in [7, 11) is 4.08. The highest BCUT2D eigenvalue weighted by atomic mass is 16.5. The molecule has 0 amide bonds. The Balaban J connectivity index is 1.43. The molecule has 0 saturated heterocycles. The van der Waals surface area contributed by atoms with Gasteiger partial charge in [-0.05, 0) is 47.5 Å². The number of hydrogen-bond acceptors (Lipinski definition) is 4. The van der Waals surface area contributed by atoms with Crippen molar-refractivity contribution in [2.24, 2.45) is 4.99 Å². The maximum Gasteiger partial charge on any atom is 0.223 e. The van der Waals surface area contributed by atoms with Gasteiger partial charge in [-0.1, -0.05) is 48.5 Å². The van der Waals surface area contributed by atoms with Crippen LogP contribution in [0.15, 0.2) is 96.1 Å². The molecule has 1 atom stereocenters. The molecule has 0 N–H and O–H groups in total. The van der Waals surface area contributed by atoms with Crippen LogP contribution in [0.1, 0.15) is 28.2 Å². The molecule has 1 aliphatic heterocycles. The topological polar surface area (TPSA) is 37.7 Å². The number of rotatable bonds is 4. The number of hydrogen-bond donors (Lipinski definition) is 0. The molecule has 2 heterocycles. The first-order chi connectivity index (χ1) is 15.2. The lowest BCUT2D eigenvalue weighted by molar-refractivity contribution is 0.434. The van der Waals surface area contributed by atoms with E-state index in [-0.39, 0.29) is 5.92 Å². The smallest absolute Gasteiger partial charge is 0.223 e. The van der Waals surface area contributed by atoms with Gasteiger partial charge in [0.2, 0.25) is 5.88 Å². The summed E-state index contributed by atoms with van der Waals surface area (Å²) in [5, 5.41) is 0. The van der Waals surface area contributed by atoms with Crippen molar-refractivity contribution in [3.05, 3.63) is 113 Å². The lowest BCUT2D eigenvalue weighted by atomic mass is 9.84. The van der Waals surface area contributed by atoms with E-state index in [9.17, 15) is 0 Å². The van der Waals surface area contributed by atoms with Gasteiger partial charge in [0.15, 0.2) is 0 Å². The summed E-state index contributed by atoms with van der Waals surface area (Å²) >= 11 is 0. The zero-order valence-corrected chi connectivity index (χ0v) is 17.6. The summed E-state index contributed by atoms with van der Waals surface area (Å²) in [6, 6.07) is 29.0. The number of aromatic nitrogens is 1. The highest BCUT2D eigenvalue weighted by Crippen LogP contribution is 2.46. The maximum atomic E-state index is 6.03. The molecule has 4 heteroatoms. The average Bonchev–Trinajstić information content (AvgIpc) is 2.82. The van der Waals surface area contributed by atoms with Gasteiger partial charge in [-0.25, -0.2) is 4.98 Å². The van der Waals surface area contributed by atoms with Gasteiger partial charge in [0.25, 0.3) is 0 Å². The van der Waals surface area contributed by atoms with Crippen LogP contribution in [0.5, 0.6) is 11.6 Å². The van der Waals surface area contributed by atoms with Crippen LogP contribution in [0.25, 0.3) is 0 Å². The van der Waals surface area contributed by atoms with Crippen LogP contribution in [-0.2, 0) is 0 Å². The Bertz CT molecular complexity index is 1180. The largest absolute Gasteiger partial charge is 0.438 e. The highest BCUT2D eigenvalue weighted by Gasteiger charge is 2.28. The number of aliphatic imine (C=N–C) groups is 1. The highest BCUT2D eigenvalue weighted by molar-refractivity contribution is 5.82. The predicted octanol–water partition coefficient (Wildman–Crippen LogP) is 6.18. The molecule has 3 aromatic carbocycles. The normalized spacial score (nSPS) is 14.6. The average molecular weight is 406 g/mol. The lowest BCUT2D eigenvalue weighted by Crippen LogP contribution is -2.12. The van der Waals surface area contributed by atoms with Gasteiger partial charge in [-0.3, -0.25) is 4.99 Å². The summed E-state index contributed by atoms with van der Waals surface area (Å²) in [5.41, 5.74) is 6.60. The molecule has 0 spiro atoms. The first kappa shape index (κ1) is 19.1. The number of para-hydroxylation sites is 1. The Labute approximate surface area is 182 Å². The molecule has 31 heavy (non-hydrogen) atoms. The molecule has 0 saturated carbocycles. The first-order valence-electron chi connectivity index (χ1n) is 10.3. The lowest BCUT2D eigenvalue weighted by Gasteiger charge is -2.27. The fourth-order valence-corrected chi connectivity index (χ4v) is 3.91. The first-order valence-corrected chi connectivity index (χ1v) is 10.3. The van der Waals surface area contributed by atoms with E-state index in [0.29, 0.717) is 5.88 Å². The van der Waals surface area contributed by atoms with Crippen molar-refractivity contribution in [1.82, 2.24) is 4.98 Å². The zero-order chi connectivity index (χ0) is 21.2. The second-order valence-electron chi connectivity index (χ2n) is 7.81. The van der Waals surface area contributed by atoms with E-state index < -0.39 is 0 Å². The molecule has 4 nitrogen and oxygen atoms in total. The van der Waals surface area contributed by atoms with E-state index in [4.69, 9.17) is 4.74 Å². The summed E-state index contributed by atoms with van der Waals surface area (Å²) in [4.78, 5) is 11.2. The molecule has 4 aromatic rings. The van der Waals surface area contributed by atoms with Crippen molar-refractivity contribution in [1.29, 1.82) is 0 Å². The van der Waals surface area contributed by atoms with E-state index in [1.165, 1.54) is 11.3 Å². The fraction of sp³-hybridized carbons (Fsp3) is 0.111. The number of fused-ring (bicyclic) bond motifs is 2. The molecular weight excluding hydrogens is 382 g/mol. The maximum absolute atomic E-state index is 6.03. The van der Waals surface area contributed by atoms with Crippen molar-refractivity contribution < 1.29 is 4.74 Å². The molecule has 0 aliphatic carbocycles. The Kier molecular flexibility index (Phi) is 4.97. The van der Waals surface area contributed by atoms with Gasteiger partial charge in [0.05, 0.1) is 5.69 Å². The van der Waals surface area contributed by atoms with E-state index in [2.05, 4.69) is 81.6 Å². The number of pyridine rings is 1. The SMILES string of the molecule is CN(C)c1ccc(C=Nc2ccc(C3c4ccccc4Oc4ncccc43)cc2)cc1. The third-order valence-corrected chi connectivity index (χ3v) is 5.55. The van der Waals surface area contributed by atoms with Gasteiger partial charge in [0.1, 0.15) is 5.75 Å². The minimum Gasteiger partial charge on any atom is -0.438 e. The van der Waals surface area contributed by atoms with Crippen LogP contribution in [0.2, 0.25) is 0 Å². The van der Waals surface area contributed by atoms with Gasteiger partial charge in [0, 0.05) is 49.2 Å². The van der Waals surface area contributed by atoms with Gasteiger partial charge in [-0.2, -0.15) is 0 Å². The Morgan fingerprint density at radius 2 is 1.58 bits per heavy atom. The van der Waals surface area contributed by atoms with Gasteiger partial charge < -0.3 is 9.64 Å². The molecule has 1 aliphatic rings. The van der Waals surface area contributed by atoms with Crippen LogP contribution in [0, 0.1) is 0 Å². The summed E-state index contributed by atoms with van der Waals surface area (Å²) in [6.45, 7) is 0.